The van der Waals surface area contributed by atoms with Crippen molar-refractivity contribution < 1.29 is 10.2 Å². The molecule has 0 saturated heterocycles. The summed E-state index contributed by atoms with van der Waals surface area (Å²) < 4.78 is 0. The molecule has 0 amide bonds. The molecule has 2 nitrogen and oxygen atoms in total. The van der Waals surface area contributed by atoms with Crippen molar-refractivity contribution in [2.24, 2.45) is 0 Å². The summed E-state index contributed by atoms with van der Waals surface area (Å²) in [5.41, 5.74) is 0. The van der Waals surface area contributed by atoms with E-state index < -0.39 is 12.2 Å². The highest BCUT2D eigenvalue weighted by Gasteiger charge is 1.98. The summed E-state index contributed by atoms with van der Waals surface area (Å²) >= 11 is 0. The van der Waals surface area contributed by atoms with Gasteiger partial charge in [-0.15, -0.1) is 18.8 Å². The number of hydrogen-bond donors (Lipinski definition) is 2. The fourth-order valence-corrected chi connectivity index (χ4v) is 5.61. The molecule has 0 spiro atoms. The van der Waals surface area contributed by atoms with Gasteiger partial charge in [0.05, 0.1) is 0 Å². The molecule has 0 aromatic heterocycles. The summed E-state index contributed by atoms with van der Waals surface area (Å²) in [5.74, 6) is 16.7. The van der Waals surface area contributed by atoms with Gasteiger partial charge in [-0.25, -0.2) is 0 Å². The molecule has 0 aliphatic heterocycles. The van der Waals surface area contributed by atoms with Gasteiger partial charge in [0.2, 0.25) is 0 Å². The van der Waals surface area contributed by atoms with E-state index >= 15 is 0 Å². The summed E-state index contributed by atoms with van der Waals surface area (Å²) in [6, 6.07) is 0. The molecular formula is C46H72O2. The van der Waals surface area contributed by atoms with E-state index in [0.29, 0.717) is 0 Å². The Kier molecular flexibility index (Phi) is 38.3. The van der Waals surface area contributed by atoms with Crippen LogP contribution in [0.4, 0.5) is 0 Å². The first kappa shape index (κ1) is 45.4. The van der Waals surface area contributed by atoms with Gasteiger partial charge in [0.1, 0.15) is 6.10 Å². The maximum absolute atomic E-state index is 9.94. The van der Waals surface area contributed by atoms with E-state index in [1.165, 1.54) is 122 Å². The molecule has 0 aromatic rings. The van der Waals surface area contributed by atoms with Crippen molar-refractivity contribution in [2.45, 2.75) is 205 Å². The van der Waals surface area contributed by atoms with E-state index in [1.807, 2.05) is 6.08 Å². The number of hydrogen-bond acceptors (Lipinski definition) is 2. The summed E-state index contributed by atoms with van der Waals surface area (Å²) in [4.78, 5) is 0. The van der Waals surface area contributed by atoms with Crippen molar-refractivity contribution in [2.75, 3.05) is 0 Å². The molecule has 0 aromatic carbocycles. The number of aliphatic hydroxyl groups is 2. The Hall–Kier alpha value is -2.62. The molecule has 0 aliphatic rings. The molecule has 0 saturated carbocycles. The molecule has 2 atom stereocenters. The Morgan fingerprint density at radius 1 is 0.438 bits per heavy atom. The topological polar surface area (TPSA) is 40.5 Å². The third-order valence-corrected chi connectivity index (χ3v) is 8.65. The van der Waals surface area contributed by atoms with Crippen molar-refractivity contribution >= 4 is 0 Å². The summed E-state index contributed by atoms with van der Waals surface area (Å²) in [6.07, 6.45) is 58.7. The van der Waals surface area contributed by atoms with Crippen LogP contribution < -0.4 is 0 Å². The molecule has 0 aliphatic carbocycles. The molecular weight excluding hydrogens is 585 g/mol. The summed E-state index contributed by atoms with van der Waals surface area (Å²) in [7, 11) is 0. The van der Waals surface area contributed by atoms with E-state index in [1.54, 1.807) is 0 Å². The zero-order chi connectivity index (χ0) is 34.9. The second-order valence-electron chi connectivity index (χ2n) is 13.3. The number of terminal acetylenes is 2. The fourth-order valence-electron chi connectivity index (χ4n) is 5.61. The summed E-state index contributed by atoms with van der Waals surface area (Å²) in [5, 5.41) is 19.3. The molecule has 0 heterocycles. The predicted molar refractivity (Wildman–Crippen MR) is 211 cm³/mol. The largest absolute Gasteiger partial charge is 0.380 e. The van der Waals surface area contributed by atoms with Gasteiger partial charge in [-0.2, -0.15) is 0 Å². The van der Waals surface area contributed by atoms with Crippen molar-refractivity contribution in [3.05, 3.63) is 36.5 Å². The average Bonchev–Trinajstić information content (AvgIpc) is 3.09. The van der Waals surface area contributed by atoms with Gasteiger partial charge in [0.15, 0.2) is 6.10 Å². The van der Waals surface area contributed by atoms with Gasteiger partial charge in [-0.3, -0.25) is 0 Å². The Balaban J connectivity index is 3.48. The van der Waals surface area contributed by atoms with Crippen LogP contribution in [-0.2, 0) is 0 Å². The highest BCUT2D eigenvalue weighted by atomic mass is 16.3. The number of unbranched alkanes of at least 4 members (excludes halogenated alkanes) is 25. The summed E-state index contributed by atoms with van der Waals surface area (Å²) in [6.45, 7) is 0. The third-order valence-electron chi connectivity index (χ3n) is 8.65. The lowest BCUT2D eigenvalue weighted by Crippen LogP contribution is -2.01. The Bertz CT molecular complexity index is 980. The van der Waals surface area contributed by atoms with Crippen LogP contribution in [0.1, 0.15) is 193 Å². The van der Waals surface area contributed by atoms with Gasteiger partial charge < -0.3 is 10.2 Å². The van der Waals surface area contributed by atoms with Gasteiger partial charge >= 0.3 is 0 Å². The van der Waals surface area contributed by atoms with Crippen LogP contribution in [0.3, 0.4) is 0 Å². The zero-order valence-corrected chi connectivity index (χ0v) is 30.9. The molecule has 0 radical (unpaired) electrons. The minimum absolute atomic E-state index is 0.565. The van der Waals surface area contributed by atoms with Crippen LogP contribution in [0.15, 0.2) is 36.5 Å². The van der Waals surface area contributed by atoms with Gasteiger partial charge in [-0.1, -0.05) is 163 Å². The Morgan fingerprint density at radius 2 is 0.854 bits per heavy atom. The first-order valence-electron chi connectivity index (χ1n) is 19.9. The van der Waals surface area contributed by atoms with Gasteiger partial charge in [-0.05, 0) is 83.1 Å². The highest BCUT2D eigenvalue weighted by molar-refractivity contribution is 5.24. The highest BCUT2D eigenvalue weighted by Crippen LogP contribution is 2.14. The standard InChI is InChI=1S/C46H72O2/c1-3-5-6-7-8-9-10-11-12-13-14-15-16-17-18-19-20-21-25-28-31-34-37-40-43-46(48)44-41-38-35-32-29-26-23-22-24-27-30-33-36-39-42-45(47)4-2/h1-2,21,23,25-26,34,37,45-48H,5-20,22,24,27-33,35-36,38-39,42H2/b25-21-,26-23-,37-34-. The lowest BCUT2D eigenvalue weighted by Gasteiger charge is -2.03. The van der Waals surface area contributed by atoms with Gasteiger partial charge in [0.25, 0.3) is 0 Å². The van der Waals surface area contributed by atoms with E-state index in [4.69, 9.17) is 12.8 Å². The second kappa shape index (κ2) is 40.6. The number of aliphatic hydroxyl groups excluding tert-OH is 2. The van der Waals surface area contributed by atoms with Crippen LogP contribution in [0.5, 0.6) is 0 Å². The quantitative estimate of drug-likeness (QED) is 0.0430. The zero-order valence-electron chi connectivity index (χ0n) is 30.9. The monoisotopic (exact) mass is 657 g/mol. The molecule has 2 unspecified atom stereocenters. The minimum Gasteiger partial charge on any atom is -0.380 e. The normalized spacial score (nSPS) is 12.4. The maximum Gasteiger partial charge on any atom is 0.176 e. The lowest BCUT2D eigenvalue weighted by molar-refractivity contribution is 0.217. The minimum atomic E-state index is -0.862. The van der Waals surface area contributed by atoms with Crippen molar-refractivity contribution in [1.29, 1.82) is 0 Å². The van der Waals surface area contributed by atoms with E-state index in [-0.39, 0.29) is 0 Å². The van der Waals surface area contributed by atoms with Crippen LogP contribution in [0.25, 0.3) is 0 Å². The number of rotatable bonds is 32. The predicted octanol–water partition coefficient (Wildman–Crippen LogP) is 12.4. The molecule has 268 valence electrons. The van der Waals surface area contributed by atoms with E-state index in [0.717, 1.165) is 70.6 Å². The number of allylic oxidation sites excluding steroid dienone is 6. The van der Waals surface area contributed by atoms with Crippen LogP contribution in [0, 0.1) is 48.4 Å². The van der Waals surface area contributed by atoms with Crippen LogP contribution in [-0.4, -0.2) is 22.4 Å². The smallest absolute Gasteiger partial charge is 0.176 e. The van der Waals surface area contributed by atoms with Crippen LogP contribution >= 0.6 is 0 Å². The van der Waals surface area contributed by atoms with Gasteiger partial charge in [0, 0.05) is 12.8 Å². The Labute approximate surface area is 299 Å². The van der Waals surface area contributed by atoms with Crippen molar-refractivity contribution in [3.63, 3.8) is 0 Å². The Morgan fingerprint density at radius 3 is 1.38 bits per heavy atom. The molecule has 0 fully saturated rings. The van der Waals surface area contributed by atoms with Crippen molar-refractivity contribution in [1.82, 2.24) is 0 Å². The second-order valence-corrected chi connectivity index (χ2v) is 13.3. The SMILES string of the molecule is C#CCCCCCCCCCCCCCCCC/C=C\CC/C=C\C#CC(O)C#CCCCC/C=C\CCCCCCCCC(O)C#C. The van der Waals surface area contributed by atoms with E-state index in [2.05, 4.69) is 65.9 Å². The molecule has 2 heteroatoms. The first-order valence-corrected chi connectivity index (χ1v) is 19.9. The molecule has 0 bridgehead atoms. The maximum atomic E-state index is 9.94. The molecule has 2 N–H and O–H groups in total. The lowest BCUT2D eigenvalue weighted by atomic mass is 10.0. The van der Waals surface area contributed by atoms with Crippen LogP contribution in [0.2, 0.25) is 0 Å². The third kappa shape index (κ3) is 39.6. The van der Waals surface area contributed by atoms with E-state index in [9.17, 15) is 10.2 Å². The average molecular weight is 657 g/mol. The molecule has 0 rings (SSSR count). The molecule has 48 heavy (non-hydrogen) atoms. The van der Waals surface area contributed by atoms with Crippen molar-refractivity contribution in [3.8, 4) is 48.4 Å². The first-order chi connectivity index (χ1) is 23.7. The fraction of sp³-hybridized carbons (Fsp3) is 0.696.